The molecule has 9 nitrogen and oxygen atoms in total. The van der Waals surface area contributed by atoms with E-state index in [1.807, 2.05) is 0 Å². The molecule has 1 amide bonds. The zero-order valence-corrected chi connectivity index (χ0v) is 15.1. The highest BCUT2D eigenvalue weighted by atomic mass is 19.1. The third-order valence-corrected chi connectivity index (χ3v) is 3.99. The number of nitro groups is 1. The highest BCUT2D eigenvalue weighted by Gasteiger charge is 2.18. The largest absolute Gasteiger partial charge is 0.497 e. The van der Waals surface area contributed by atoms with Crippen LogP contribution < -0.4 is 10.1 Å². The van der Waals surface area contributed by atoms with Gasteiger partial charge in [-0.25, -0.2) is 4.39 Å². The van der Waals surface area contributed by atoms with Gasteiger partial charge in [0.1, 0.15) is 22.8 Å². The summed E-state index contributed by atoms with van der Waals surface area (Å²) in [5.74, 6) is -1.69. The molecule has 0 saturated heterocycles. The third kappa shape index (κ3) is 4.67. The van der Waals surface area contributed by atoms with Crippen LogP contribution in [0.2, 0.25) is 0 Å². The monoisotopic (exact) mass is 402 g/mol. The van der Waals surface area contributed by atoms with E-state index in [0.717, 1.165) is 12.1 Å². The maximum absolute atomic E-state index is 13.1. The Kier molecular flexibility index (Phi) is 5.72. The number of anilines is 1. The van der Waals surface area contributed by atoms with Crippen LogP contribution in [0, 0.1) is 15.9 Å². The molecule has 0 aliphatic heterocycles. The molecule has 0 unspecified atom stereocenters. The number of amides is 1. The number of hydrogen-bond acceptors (Lipinski definition) is 7. The molecule has 0 atom stereocenters. The fraction of sp³-hybridized carbons (Fsp3) is 0.158. The van der Waals surface area contributed by atoms with E-state index in [-0.39, 0.29) is 12.1 Å². The van der Waals surface area contributed by atoms with E-state index >= 15 is 0 Å². The van der Waals surface area contributed by atoms with E-state index < -0.39 is 34.9 Å². The second-order valence-electron chi connectivity index (χ2n) is 5.93. The average Bonchev–Trinajstić information content (AvgIpc) is 3.09. The molecule has 3 rings (SSSR count). The molecule has 0 fully saturated rings. The van der Waals surface area contributed by atoms with E-state index in [1.165, 1.54) is 13.4 Å². The topological polar surface area (TPSA) is 121 Å². The van der Waals surface area contributed by atoms with Crippen LogP contribution in [0.1, 0.15) is 5.56 Å². The fourth-order valence-electron chi connectivity index (χ4n) is 2.63. The SMILES string of the molecule is COc1ccc2c(CC(=O)OCC(=O)Nc3ccc(F)cc3[N+](=O)[O-])coc2c1. The number of carbonyl (C=O) groups excluding carboxylic acids is 2. The Morgan fingerprint density at radius 1 is 1.24 bits per heavy atom. The van der Waals surface area contributed by atoms with E-state index in [4.69, 9.17) is 13.9 Å². The van der Waals surface area contributed by atoms with Crippen molar-refractivity contribution in [3.05, 3.63) is 64.2 Å². The van der Waals surface area contributed by atoms with Crippen LogP contribution in [-0.4, -0.2) is 30.5 Å². The van der Waals surface area contributed by atoms with Gasteiger partial charge < -0.3 is 19.2 Å². The molecule has 0 spiro atoms. The molecular weight excluding hydrogens is 387 g/mol. The van der Waals surface area contributed by atoms with Gasteiger partial charge in [-0.1, -0.05) is 0 Å². The van der Waals surface area contributed by atoms with E-state index in [2.05, 4.69) is 5.32 Å². The Morgan fingerprint density at radius 3 is 2.76 bits per heavy atom. The Bertz CT molecular complexity index is 1090. The van der Waals surface area contributed by atoms with Crippen LogP contribution in [0.5, 0.6) is 5.75 Å². The number of carbonyl (C=O) groups is 2. The summed E-state index contributed by atoms with van der Waals surface area (Å²) in [5.41, 5.74) is 0.299. The van der Waals surface area contributed by atoms with Crippen molar-refractivity contribution in [2.75, 3.05) is 19.0 Å². The van der Waals surface area contributed by atoms with Gasteiger partial charge in [-0.3, -0.25) is 19.7 Å². The van der Waals surface area contributed by atoms with Gasteiger partial charge in [-0.05, 0) is 24.3 Å². The molecule has 0 radical (unpaired) electrons. The normalized spacial score (nSPS) is 10.6. The molecule has 1 heterocycles. The molecule has 2 aromatic carbocycles. The molecule has 10 heteroatoms. The van der Waals surface area contributed by atoms with Gasteiger partial charge in [0.05, 0.1) is 30.8 Å². The summed E-state index contributed by atoms with van der Waals surface area (Å²) in [6.07, 6.45) is 1.27. The molecule has 1 aromatic heterocycles. The van der Waals surface area contributed by atoms with Crippen LogP contribution in [-0.2, 0) is 20.7 Å². The molecule has 0 saturated carbocycles. The number of nitrogens with zero attached hydrogens (tertiary/aromatic N) is 1. The number of furan rings is 1. The number of fused-ring (bicyclic) bond motifs is 1. The van der Waals surface area contributed by atoms with E-state index in [1.54, 1.807) is 18.2 Å². The van der Waals surface area contributed by atoms with Crippen molar-refractivity contribution in [1.82, 2.24) is 0 Å². The van der Waals surface area contributed by atoms with Gasteiger partial charge in [-0.15, -0.1) is 0 Å². The minimum Gasteiger partial charge on any atom is -0.497 e. The highest BCUT2D eigenvalue weighted by molar-refractivity contribution is 5.95. The van der Waals surface area contributed by atoms with Crippen molar-refractivity contribution in [3.63, 3.8) is 0 Å². The lowest BCUT2D eigenvalue weighted by atomic mass is 10.1. The van der Waals surface area contributed by atoms with Crippen molar-refractivity contribution in [2.24, 2.45) is 0 Å². The first-order valence-corrected chi connectivity index (χ1v) is 8.31. The molecule has 3 aromatic rings. The maximum atomic E-state index is 13.1. The quantitative estimate of drug-likeness (QED) is 0.366. The summed E-state index contributed by atoms with van der Waals surface area (Å²) in [6, 6.07) is 7.83. The van der Waals surface area contributed by atoms with Gasteiger partial charge in [0.25, 0.3) is 11.6 Å². The summed E-state index contributed by atoms with van der Waals surface area (Å²) in [6.45, 7) is -0.656. The molecule has 150 valence electrons. The predicted molar refractivity (Wildman–Crippen MR) is 99.1 cm³/mol. The van der Waals surface area contributed by atoms with Crippen LogP contribution in [0.3, 0.4) is 0 Å². The molecule has 0 aliphatic carbocycles. The van der Waals surface area contributed by atoms with Gasteiger partial charge in [0.2, 0.25) is 0 Å². The van der Waals surface area contributed by atoms with Crippen molar-refractivity contribution >= 4 is 34.2 Å². The van der Waals surface area contributed by atoms with Crippen molar-refractivity contribution in [2.45, 2.75) is 6.42 Å². The van der Waals surface area contributed by atoms with Crippen LogP contribution in [0.15, 0.2) is 47.1 Å². The summed E-state index contributed by atoms with van der Waals surface area (Å²) >= 11 is 0. The second-order valence-corrected chi connectivity index (χ2v) is 5.93. The van der Waals surface area contributed by atoms with E-state index in [0.29, 0.717) is 28.3 Å². The summed E-state index contributed by atoms with van der Waals surface area (Å²) < 4.78 is 28.5. The van der Waals surface area contributed by atoms with Crippen molar-refractivity contribution in [3.8, 4) is 5.75 Å². The number of benzene rings is 2. The summed E-state index contributed by atoms with van der Waals surface area (Å²) in [7, 11) is 1.52. The maximum Gasteiger partial charge on any atom is 0.310 e. The molecular formula is C19H15FN2O7. The number of methoxy groups -OCH3 is 1. The summed E-state index contributed by atoms with van der Waals surface area (Å²) in [5, 5.41) is 13.9. The first-order chi connectivity index (χ1) is 13.9. The zero-order valence-electron chi connectivity index (χ0n) is 15.1. The fourth-order valence-corrected chi connectivity index (χ4v) is 2.63. The number of nitro benzene ring substituents is 1. The third-order valence-electron chi connectivity index (χ3n) is 3.99. The average molecular weight is 402 g/mol. The van der Waals surface area contributed by atoms with Gasteiger partial charge >= 0.3 is 5.97 Å². The Balaban J connectivity index is 1.59. The Morgan fingerprint density at radius 2 is 2.03 bits per heavy atom. The summed E-state index contributed by atoms with van der Waals surface area (Å²) in [4.78, 5) is 34.1. The molecule has 1 N–H and O–H groups in total. The zero-order chi connectivity index (χ0) is 21.0. The lowest BCUT2D eigenvalue weighted by molar-refractivity contribution is -0.384. The number of esters is 1. The highest BCUT2D eigenvalue weighted by Crippen LogP contribution is 2.26. The first-order valence-electron chi connectivity index (χ1n) is 8.31. The van der Waals surface area contributed by atoms with E-state index in [9.17, 15) is 24.1 Å². The Labute approximate surface area is 163 Å². The minimum absolute atomic E-state index is 0.136. The van der Waals surface area contributed by atoms with Crippen molar-refractivity contribution in [1.29, 1.82) is 0 Å². The lowest BCUT2D eigenvalue weighted by Gasteiger charge is -2.07. The lowest BCUT2D eigenvalue weighted by Crippen LogP contribution is -2.22. The smallest absolute Gasteiger partial charge is 0.310 e. The van der Waals surface area contributed by atoms with Crippen LogP contribution >= 0.6 is 0 Å². The number of halogens is 1. The van der Waals surface area contributed by atoms with Gasteiger partial charge in [-0.2, -0.15) is 0 Å². The number of hydrogen-bond donors (Lipinski definition) is 1. The minimum atomic E-state index is -0.830. The van der Waals surface area contributed by atoms with Crippen LogP contribution in [0.25, 0.3) is 11.0 Å². The number of nitrogens with one attached hydrogen (secondary N) is 1. The van der Waals surface area contributed by atoms with Gasteiger partial charge in [0.15, 0.2) is 6.61 Å². The van der Waals surface area contributed by atoms with Gasteiger partial charge in [0, 0.05) is 17.0 Å². The standard InChI is InChI=1S/C19H15FN2O7/c1-27-13-3-4-14-11(9-28-17(14)8-13)6-19(24)29-10-18(23)21-15-5-2-12(20)7-16(15)22(25)26/h2-5,7-9H,6,10H2,1H3,(H,21,23). The Hall–Kier alpha value is -3.95. The second kappa shape index (κ2) is 8.38. The number of ether oxygens (including phenoxy) is 2. The molecule has 0 bridgehead atoms. The first kappa shape index (κ1) is 19.8. The molecule has 0 aliphatic rings. The number of rotatable bonds is 7. The van der Waals surface area contributed by atoms with Crippen LogP contribution in [0.4, 0.5) is 15.8 Å². The van der Waals surface area contributed by atoms with Crippen molar-refractivity contribution < 1.29 is 32.8 Å². The predicted octanol–water partition coefficient (Wildman–Crippen LogP) is 3.21. The molecule has 29 heavy (non-hydrogen) atoms.